The molecular formula is C20H24O7. The van der Waals surface area contributed by atoms with Gasteiger partial charge in [0.25, 0.3) is 0 Å². The smallest absolute Gasteiger partial charge is 0.346 e. The highest BCUT2D eigenvalue weighted by atomic mass is 16.7. The lowest BCUT2D eigenvalue weighted by Crippen LogP contribution is -2.37. The van der Waals surface area contributed by atoms with Crippen molar-refractivity contribution in [1.82, 2.24) is 0 Å². The molecule has 0 radical (unpaired) electrons. The Morgan fingerprint density at radius 1 is 1.11 bits per heavy atom. The molecule has 0 spiro atoms. The molecule has 0 aliphatic heterocycles. The first-order chi connectivity index (χ1) is 12.7. The first-order valence-corrected chi connectivity index (χ1v) is 9.53. The molecule has 7 unspecified atom stereocenters. The lowest BCUT2D eigenvalue weighted by Gasteiger charge is -2.33. The van der Waals surface area contributed by atoms with Crippen LogP contribution in [0.25, 0.3) is 0 Å². The standard InChI is InChI=1S/C20H24O7/c1-4-26-20(2,3)27-13(21)8-25-19(24)12-7-11-14-9-5-6-10(17(9)22)15(14)16(12)18(11)23/h5-6,9-12,14-16H,4,7-8H2,1-3H3. The van der Waals surface area contributed by atoms with E-state index in [1.165, 1.54) is 0 Å². The van der Waals surface area contributed by atoms with E-state index in [1.807, 2.05) is 12.2 Å². The molecule has 4 rings (SSSR count). The third kappa shape index (κ3) is 2.74. The van der Waals surface area contributed by atoms with E-state index in [-0.39, 0.29) is 41.2 Å². The number of carbonyl (C=O) groups excluding carboxylic acids is 4. The molecule has 3 fully saturated rings. The highest BCUT2D eigenvalue weighted by molar-refractivity contribution is 6.01. The molecule has 0 N–H and O–H groups in total. The number of allylic oxidation sites excluding steroid dienone is 2. The maximum atomic E-state index is 12.7. The van der Waals surface area contributed by atoms with Crippen LogP contribution in [0.5, 0.6) is 0 Å². The van der Waals surface area contributed by atoms with E-state index >= 15 is 0 Å². The number of ether oxygens (including phenoxy) is 3. The average Bonchev–Trinajstić information content (AvgIpc) is 3.29. The van der Waals surface area contributed by atoms with Crippen molar-refractivity contribution in [2.75, 3.05) is 13.2 Å². The van der Waals surface area contributed by atoms with E-state index in [0.717, 1.165) is 0 Å². The van der Waals surface area contributed by atoms with Gasteiger partial charge in [0, 0.05) is 44.1 Å². The molecule has 0 aromatic carbocycles. The number of rotatable bonds is 6. The van der Waals surface area contributed by atoms with Gasteiger partial charge in [-0.2, -0.15) is 0 Å². The van der Waals surface area contributed by atoms with Crippen LogP contribution in [0.3, 0.4) is 0 Å². The van der Waals surface area contributed by atoms with Crippen molar-refractivity contribution >= 4 is 23.5 Å². The van der Waals surface area contributed by atoms with E-state index < -0.39 is 36.2 Å². The van der Waals surface area contributed by atoms with Gasteiger partial charge in [-0.05, 0) is 25.2 Å². The zero-order valence-corrected chi connectivity index (χ0v) is 15.7. The number of hydrogen-bond acceptors (Lipinski definition) is 7. The topological polar surface area (TPSA) is 96.0 Å². The first kappa shape index (κ1) is 18.3. The van der Waals surface area contributed by atoms with E-state index in [0.29, 0.717) is 13.0 Å². The van der Waals surface area contributed by atoms with E-state index in [4.69, 9.17) is 14.2 Å². The number of hydrogen-bond donors (Lipinski definition) is 0. The average molecular weight is 376 g/mol. The minimum Gasteiger partial charge on any atom is -0.453 e. The number of esters is 2. The number of carbonyl (C=O) groups is 4. The summed E-state index contributed by atoms with van der Waals surface area (Å²) in [6.07, 6.45) is 4.22. The molecule has 0 aromatic rings. The molecule has 146 valence electrons. The summed E-state index contributed by atoms with van der Waals surface area (Å²) in [7, 11) is 0. The minimum absolute atomic E-state index is 0.0472. The van der Waals surface area contributed by atoms with Crippen LogP contribution in [-0.4, -0.2) is 42.5 Å². The van der Waals surface area contributed by atoms with Gasteiger partial charge in [0.15, 0.2) is 6.61 Å². The maximum absolute atomic E-state index is 12.7. The molecule has 7 atom stereocenters. The molecule has 3 saturated carbocycles. The second-order valence-corrected chi connectivity index (χ2v) is 8.29. The van der Waals surface area contributed by atoms with Gasteiger partial charge < -0.3 is 14.2 Å². The molecular weight excluding hydrogens is 352 g/mol. The van der Waals surface area contributed by atoms with Crippen molar-refractivity contribution in [1.29, 1.82) is 0 Å². The second-order valence-electron chi connectivity index (χ2n) is 8.29. The highest BCUT2D eigenvalue weighted by Gasteiger charge is 2.69. The Hall–Kier alpha value is -2.02. The third-order valence-corrected chi connectivity index (χ3v) is 6.46. The van der Waals surface area contributed by atoms with Gasteiger partial charge in [-0.3, -0.25) is 14.4 Å². The van der Waals surface area contributed by atoms with Gasteiger partial charge in [-0.1, -0.05) is 12.2 Å². The molecule has 0 saturated heterocycles. The molecule has 7 heteroatoms. The van der Waals surface area contributed by atoms with Crippen molar-refractivity contribution < 1.29 is 33.4 Å². The lowest BCUT2D eigenvalue weighted by atomic mass is 9.69. The predicted octanol–water partition coefficient (Wildman–Crippen LogP) is 1.30. The summed E-state index contributed by atoms with van der Waals surface area (Å²) in [4.78, 5) is 49.4. The summed E-state index contributed by atoms with van der Waals surface area (Å²) in [5.41, 5.74) is 0. The summed E-state index contributed by atoms with van der Waals surface area (Å²) in [6, 6.07) is 0. The molecule has 4 aliphatic carbocycles. The van der Waals surface area contributed by atoms with Crippen molar-refractivity contribution in [2.45, 2.75) is 33.0 Å². The zero-order chi connectivity index (χ0) is 19.5. The lowest BCUT2D eigenvalue weighted by molar-refractivity contribution is -0.218. The van der Waals surface area contributed by atoms with E-state index in [1.54, 1.807) is 20.8 Å². The summed E-state index contributed by atoms with van der Waals surface area (Å²) in [5, 5.41) is 0. The molecule has 4 aliphatic rings. The molecule has 7 nitrogen and oxygen atoms in total. The molecule has 0 heterocycles. The fraction of sp³-hybridized carbons (Fsp3) is 0.700. The third-order valence-electron chi connectivity index (χ3n) is 6.46. The Bertz CT molecular complexity index is 737. The molecule has 27 heavy (non-hydrogen) atoms. The van der Waals surface area contributed by atoms with Crippen LogP contribution in [0.15, 0.2) is 12.2 Å². The van der Waals surface area contributed by atoms with Crippen molar-refractivity contribution in [3.05, 3.63) is 12.2 Å². The summed E-state index contributed by atoms with van der Waals surface area (Å²) in [6.45, 7) is 4.85. The first-order valence-electron chi connectivity index (χ1n) is 9.53. The van der Waals surface area contributed by atoms with Gasteiger partial charge in [0.2, 0.25) is 5.79 Å². The van der Waals surface area contributed by atoms with Gasteiger partial charge in [0.1, 0.15) is 11.6 Å². The number of Topliss-reactive ketones (excluding diaryl/α,β-unsaturated/α-hetero) is 2. The van der Waals surface area contributed by atoms with Crippen LogP contribution < -0.4 is 0 Å². The Morgan fingerprint density at radius 2 is 1.78 bits per heavy atom. The minimum atomic E-state index is -1.09. The van der Waals surface area contributed by atoms with Crippen molar-refractivity contribution in [3.63, 3.8) is 0 Å². The Labute approximate surface area is 157 Å². The molecule has 0 amide bonds. The second kappa shape index (κ2) is 6.26. The van der Waals surface area contributed by atoms with Crippen molar-refractivity contribution in [2.24, 2.45) is 41.4 Å². The number of ketones is 2. The summed E-state index contributed by atoms with van der Waals surface area (Å²) >= 11 is 0. The van der Waals surface area contributed by atoms with E-state index in [2.05, 4.69) is 0 Å². The van der Waals surface area contributed by atoms with Gasteiger partial charge in [-0.25, -0.2) is 4.79 Å². The van der Waals surface area contributed by atoms with Crippen LogP contribution in [0.2, 0.25) is 0 Å². The Morgan fingerprint density at radius 3 is 2.44 bits per heavy atom. The number of fused-ring (bicyclic) bond motifs is 9. The summed E-state index contributed by atoms with van der Waals surface area (Å²) in [5.74, 6) is -3.81. The van der Waals surface area contributed by atoms with Crippen LogP contribution in [0.1, 0.15) is 27.2 Å². The van der Waals surface area contributed by atoms with Gasteiger partial charge in [-0.15, -0.1) is 0 Å². The fourth-order valence-corrected chi connectivity index (χ4v) is 5.69. The largest absolute Gasteiger partial charge is 0.453 e. The molecule has 0 aromatic heterocycles. The molecule has 4 bridgehead atoms. The van der Waals surface area contributed by atoms with Gasteiger partial charge in [0.05, 0.1) is 5.92 Å². The monoisotopic (exact) mass is 376 g/mol. The Kier molecular flexibility index (Phi) is 4.25. The van der Waals surface area contributed by atoms with Crippen LogP contribution in [-0.2, 0) is 33.4 Å². The summed E-state index contributed by atoms with van der Waals surface area (Å²) < 4.78 is 15.6. The van der Waals surface area contributed by atoms with Gasteiger partial charge >= 0.3 is 11.9 Å². The quantitative estimate of drug-likeness (QED) is 0.298. The SMILES string of the molecule is CCOC(C)(C)OC(=O)COC(=O)C1CC2C(=O)C1C1C3C=CC(C3=O)C21. The van der Waals surface area contributed by atoms with Crippen LogP contribution >= 0.6 is 0 Å². The Balaban J connectivity index is 1.37. The maximum Gasteiger partial charge on any atom is 0.346 e. The zero-order valence-electron chi connectivity index (χ0n) is 15.7. The van der Waals surface area contributed by atoms with E-state index in [9.17, 15) is 19.2 Å². The normalized spacial score (nSPS) is 38.4. The van der Waals surface area contributed by atoms with Crippen LogP contribution in [0.4, 0.5) is 0 Å². The fourth-order valence-electron chi connectivity index (χ4n) is 5.69. The van der Waals surface area contributed by atoms with Crippen LogP contribution in [0, 0.1) is 41.4 Å². The predicted molar refractivity (Wildman–Crippen MR) is 91.0 cm³/mol. The van der Waals surface area contributed by atoms with Crippen molar-refractivity contribution in [3.8, 4) is 0 Å². The highest BCUT2D eigenvalue weighted by Crippen LogP contribution is 2.64.